The lowest BCUT2D eigenvalue weighted by molar-refractivity contribution is -0.147. The number of carbonyl (C=O) groups is 2. The molecule has 7 heteroatoms. The smallest absolute Gasteiger partial charge is 0.387 e. The van der Waals surface area contributed by atoms with E-state index in [2.05, 4.69) is 10.1 Å². The molecule has 1 atom stereocenters. The highest BCUT2D eigenvalue weighted by molar-refractivity contribution is 5.85. The molecule has 144 valence electrons. The van der Waals surface area contributed by atoms with Crippen molar-refractivity contribution in [3.05, 3.63) is 65.7 Å². The van der Waals surface area contributed by atoms with Gasteiger partial charge in [-0.1, -0.05) is 42.5 Å². The molecule has 27 heavy (non-hydrogen) atoms. The second-order valence-electron chi connectivity index (χ2n) is 5.76. The lowest BCUT2D eigenvalue weighted by Crippen LogP contribution is -2.44. The topological polar surface area (TPSA) is 64.6 Å². The van der Waals surface area contributed by atoms with Crippen LogP contribution in [-0.4, -0.2) is 31.1 Å². The van der Waals surface area contributed by atoms with Crippen LogP contribution in [-0.2, 0) is 27.2 Å². The average molecular weight is 377 g/mol. The van der Waals surface area contributed by atoms with Crippen LogP contribution in [0.3, 0.4) is 0 Å². The van der Waals surface area contributed by atoms with E-state index in [9.17, 15) is 18.4 Å². The number of rotatable bonds is 9. The molecule has 0 aliphatic heterocycles. The predicted molar refractivity (Wildman–Crippen MR) is 95.5 cm³/mol. The van der Waals surface area contributed by atoms with E-state index in [1.165, 1.54) is 24.3 Å². The van der Waals surface area contributed by atoms with E-state index in [1.54, 1.807) is 6.92 Å². The molecule has 0 saturated heterocycles. The van der Waals surface area contributed by atoms with Crippen LogP contribution in [0.15, 0.2) is 54.6 Å². The first-order valence-electron chi connectivity index (χ1n) is 8.51. The first-order chi connectivity index (χ1) is 13.0. The fourth-order valence-electron chi connectivity index (χ4n) is 2.51. The number of halogens is 2. The molecule has 2 aromatic carbocycles. The Labute approximate surface area is 156 Å². The van der Waals surface area contributed by atoms with Crippen LogP contribution in [0.1, 0.15) is 18.1 Å². The van der Waals surface area contributed by atoms with E-state index in [0.717, 1.165) is 5.56 Å². The molecular weight excluding hydrogens is 356 g/mol. The molecule has 1 N–H and O–H groups in total. The van der Waals surface area contributed by atoms with E-state index in [-0.39, 0.29) is 24.7 Å². The maximum Gasteiger partial charge on any atom is 0.387 e. The Morgan fingerprint density at radius 1 is 1.00 bits per heavy atom. The van der Waals surface area contributed by atoms with Crippen molar-refractivity contribution in [2.24, 2.45) is 0 Å². The standard InChI is InChI=1S/C20H21F2NO4/c1-2-26-19(25)17(12-14-6-4-3-5-7-14)23-18(24)13-15-8-10-16(11-9-15)27-20(21)22/h3-11,17,20H,2,12-13H2,1H3,(H,23,24). The highest BCUT2D eigenvalue weighted by atomic mass is 19.3. The number of esters is 1. The van der Waals surface area contributed by atoms with Gasteiger partial charge in [0.05, 0.1) is 13.0 Å². The first-order valence-corrected chi connectivity index (χ1v) is 8.51. The van der Waals surface area contributed by atoms with Gasteiger partial charge in [-0.25, -0.2) is 4.79 Å². The number of hydrogen-bond acceptors (Lipinski definition) is 4. The fraction of sp³-hybridized carbons (Fsp3) is 0.300. The Balaban J connectivity index is 1.98. The number of ether oxygens (including phenoxy) is 2. The Morgan fingerprint density at radius 2 is 1.67 bits per heavy atom. The SMILES string of the molecule is CCOC(=O)C(Cc1ccccc1)NC(=O)Cc1ccc(OC(F)F)cc1. The summed E-state index contributed by atoms with van der Waals surface area (Å²) in [5.41, 5.74) is 1.50. The molecule has 2 rings (SSSR count). The van der Waals surface area contributed by atoms with Crippen molar-refractivity contribution < 1.29 is 27.8 Å². The third kappa shape index (κ3) is 7.05. The number of benzene rings is 2. The number of alkyl halides is 2. The van der Waals surface area contributed by atoms with Crippen molar-refractivity contribution in [1.29, 1.82) is 0 Å². The molecule has 0 radical (unpaired) electrons. The molecule has 0 saturated carbocycles. The summed E-state index contributed by atoms with van der Waals surface area (Å²) in [6, 6.07) is 14.2. The molecule has 0 aromatic heterocycles. The molecule has 1 amide bonds. The second kappa shape index (κ2) is 10.3. The molecule has 0 aliphatic rings. The van der Waals surface area contributed by atoms with Gasteiger partial charge in [-0.3, -0.25) is 4.79 Å². The summed E-state index contributed by atoms with van der Waals surface area (Å²) in [6.07, 6.45) is 0.312. The van der Waals surface area contributed by atoms with E-state index in [4.69, 9.17) is 4.74 Å². The minimum atomic E-state index is -2.90. The van der Waals surface area contributed by atoms with E-state index < -0.39 is 18.6 Å². The van der Waals surface area contributed by atoms with Gasteiger partial charge in [0.25, 0.3) is 0 Å². The summed E-state index contributed by atoms with van der Waals surface area (Å²) in [5.74, 6) is -0.857. The molecular formula is C20H21F2NO4. The second-order valence-corrected chi connectivity index (χ2v) is 5.76. The van der Waals surface area contributed by atoms with Crippen molar-refractivity contribution >= 4 is 11.9 Å². The molecule has 0 spiro atoms. The van der Waals surface area contributed by atoms with Gasteiger partial charge < -0.3 is 14.8 Å². The summed E-state index contributed by atoms with van der Waals surface area (Å²) < 4.78 is 33.6. The number of nitrogens with one attached hydrogen (secondary N) is 1. The Hall–Kier alpha value is -2.96. The molecule has 0 fully saturated rings. The quantitative estimate of drug-likeness (QED) is 0.682. The van der Waals surface area contributed by atoms with Gasteiger partial charge in [-0.2, -0.15) is 8.78 Å². The molecule has 1 unspecified atom stereocenters. The zero-order valence-corrected chi connectivity index (χ0v) is 14.9. The van der Waals surface area contributed by atoms with Crippen molar-refractivity contribution in [3.8, 4) is 5.75 Å². The first kappa shape index (κ1) is 20.4. The third-order valence-corrected chi connectivity index (χ3v) is 3.70. The summed E-state index contributed by atoms with van der Waals surface area (Å²) in [7, 11) is 0. The molecule has 0 aliphatic carbocycles. The maximum atomic E-state index is 12.3. The summed E-state index contributed by atoms with van der Waals surface area (Å²) in [6.45, 7) is -0.990. The van der Waals surface area contributed by atoms with Gasteiger partial charge in [0.15, 0.2) is 0 Å². The van der Waals surface area contributed by atoms with Gasteiger partial charge in [-0.15, -0.1) is 0 Å². The summed E-state index contributed by atoms with van der Waals surface area (Å²) in [4.78, 5) is 24.5. The van der Waals surface area contributed by atoms with Gasteiger partial charge in [-0.05, 0) is 30.2 Å². The number of amides is 1. The minimum absolute atomic E-state index is 0.000344. The highest BCUT2D eigenvalue weighted by Gasteiger charge is 2.22. The molecule has 5 nitrogen and oxygen atoms in total. The van der Waals surface area contributed by atoms with Crippen molar-refractivity contribution in [2.45, 2.75) is 32.4 Å². The van der Waals surface area contributed by atoms with Crippen molar-refractivity contribution in [1.82, 2.24) is 5.32 Å². The van der Waals surface area contributed by atoms with Crippen molar-refractivity contribution in [3.63, 3.8) is 0 Å². The van der Waals surface area contributed by atoms with Crippen LogP contribution in [0.2, 0.25) is 0 Å². The lowest BCUT2D eigenvalue weighted by Gasteiger charge is -2.17. The minimum Gasteiger partial charge on any atom is -0.464 e. The van der Waals surface area contributed by atoms with Crippen LogP contribution < -0.4 is 10.1 Å². The predicted octanol–water partition coefficient (Wildman–Crippen LogP) is 3.12. The van der Waals surface area contributed by atoms with E-state index >= 15 is 0 Å². The van der Waals surface area contributed by atoms with Crippen LogP contribution in [0.25, 0.3) is 0 Å². The van der Waals surface area contributed by atoms with Crippen molar-refractivity contribution in [2.75, 3.05) is 6.61 Å². The largest absolute Gasteiger partial charge is 0.464 e. The van der Waals surface area contributed by atoms with Gasteiger partial charge in [0.1, 0.15) is 11.8 Å². The van der Waals surface area contributed by atoms with Gasteiger partial charge in [0.2, 0.25) is 5.91 Å². The van der Waals surface area contributed by atoms with Crippen LogP contribution in [0.4, 0.5) is 8.78 Å². The Bertz CT molecular complexity index is 735. The third-order valence-electron chi connectivity index (χ3n) is 3.70. The molecule has 0 bridgehead atoms. The van der Waals surface area contributed by atoms with E-state index in [1.807, 2.05) is 30.3 Å². The van der Waals surface area contributed by atoms with Crippen LogP contribution in [0, 0.1) is 0 Å². The number of hydrogen-bond donors (Lipinski definition) is 1. The van der Waals surface area contributed by atoms with Gasteiger partial charge in [0, 0.05) is 6.42 Å². The van der Waals surface area contributed by atoms with Gasteiger partial charge >= 0.3 is 12.6 Å². The molecule has 2 aromatic rings. The molecule has 0 heterocycles. The van der Waals surface area contributed by atoms with Crippen LogP contribution in [0.5, 0.6) is 5.75 Å². The zero-order valence-electron chi connectivity index (χ0n) is 14.9. The van der Waals surface area contributed by atoms with E-state index in [0.29, 0.717) is 12.0 Å². The lowest BCUT2D eigenvalue weighted by atomic mass is 10.1. The summed E-state index contributed by atoms with van der Waals surface area (Å²) in [5, 5.41) is 2.68. The Morgan fingerprint density at radius 3 is 2.26 bits per heavy atom. The zero-order chi connectivity index (χ0) is 19.6. The monoisotopic (exact) mass is 377 g/mol. The fourth-order valence-corrected chi connectivity index (χ4v) is 2.51. The normalized spacial score (nSPS) is 11.7. The highest BCUT2D eigenvalue weighted by Crippen LogP contribution is 2.15. The Kier molecular flexibility index (Phi) is 7.73. The van der Waals surface area contributed by atoms with Crippen LogP contribution >= 0.6 is 0 Å². The average Bonchev–Trinajstić information content (AvgIpc) is 2.63. The number of carbonyl (C=O) groups excluding carboxylic acids is 2. The maximum absolute atomic E-state index is 12.3. The summed E-state index contributed by atoms with van der Waals surface area (Å²) >= 11 is 0.